The Morgan fingerprint density at radius 1 is 1.10 bits per heavy atom. The Morgan fingerprint density at radius 2 is 1.77 bits per heavy atom. The summed E-state index contributed by atoms with van der Waals surface area (Å²) < 4.78 is 47.1. The molecule has 0 bridgehead atoms. The van der Waals surface area contributed by atoms with E-state index in [0.717, 1.165) is 11.6 Å². The van der Waals surface area contributed by atoms with Gasteiger partial charge in [-0.25, -0.2) is 18.0 Å². The number of piperidine rings is 1. The molecule has 0 saturated carbocycles. The molecule has 2 aromatic rings. The van der Waals surface area contributed by atoms with Gasteiger partial charge in [0.25, 0.3) is 0 Å². The van der Waals surface area contributed by atoms with Gasteiger partial charge in [-0.3, -0.25) is 4.90 Å². The van der Waals surface area contributed by atoms with E-state index in [1.54, 1.807) is 20.8 Å². The number of likely N-dealkylation sites (tertiary alicyclic amines) is 1. The molecule has 7 heteroatoms. The second-order valence-electron chi connectivity index (χ2n) is 8.66. The van der Waals surface area contributed by atoms with Crippen molar-refractivity contribution in [2.45, 2.75) is 51.3 Å². The molecule has 4 nitrogen and oxygen atoms in total. The van der Waals surface area contributed by atoms with E-state index in [4.69, 9.17) is 4.74 Å². The summed E-state index contributed by atoms with van der Waals surface area (Å²) in [4.78, 5) is 14.5. The van der Waals surface area contributed by atoms with Crippen LogP contribution in [0.2, 0.25) is 0 Å². The molecular formula is C23H27F3N2O2. The number of carbonyl (C=O) groups excluding carboxylic acids is 1. The molecule has 1 amide bonds. The molecule has 2 atom stereocenters. The van der Waals surface area contributed by atoms with Crippen molar-refractivity contribution in [1.29, 1.82) is 0 Å². The Bertz CT molecular complexity index is 884. The molecular weight excluding hydrogens is 393 g/mol. The fourth-order valence-corrected chi connectivity index (χ4v) is 3.80. The van der Waals surface area contributed by atoms with Crippen molar-refractivity contribution in [1.82, 2.24) is 10.2 Å². The number of halogens is 3. The van der Waals surface area contributed by atoms with Gasteiger partial charge in [0.2, 0.25) is 0 Å². The number of rotatable bonds is 4. The van der Waals surface area contributed by atoms with Crippen LogP contribution in [0, 0.1) is 17.5 Å². The molecule has 0 spiro atoms. The minimum Gasteiger partial charge on any atom is -0.444 e. The first kappa shape index (κ1) is 22.2. The maximum Gasteiger partial charge on any atom is 0.407 e. The number of nitrogens with zero attached hydrogens (tertiary/aromatic N) is 1. The molecule has 0 aliphatic carbocycles. The Hall–Kier alpha value is -2.54. The molecule has 0 radical (unpaired) electrons. The standard InChI is InChI=1S/C23H27F3N2O2/c1-23(2,3)30-22(29)27-21-14-28(13-15-7-5-4-6-8-15)10-9-16(21)17-11-19(25)20(26)12-18(17)24/h4-8,11-12,16,21H,9-10,13-14H2,1-3H3,(H,27,29)/t16-,21+/m0/s1. The van der Waals surface area contributed by atoms with Crippen LogP contribution >= 0.6 is 0 Å². The fraction of sp³-hybridized carbons (Fsp3) is 0.435. The van der Waals surface area contributed by atoms with Crippen molar-refractivity contribution < 1.29 is 22.7 Å². The van der Waals surface area contributed by atoms with E-state index in [2.05, 4.69) is 10.2 Å². The Morgan fingerprint density at radius 3 is 2.43 bits per heavy atom. The van der Waals surface area contributed by atoms with Gasteiger partial charge < -0.3 is 10.1 Å². The third-order valence-electron chi connectivity index (χ3n) is 5.09. The van der Waals surface area contributed by atoms with Gasteiger partial charge in [0.15, 0.2) is 11.6 Å². The van der Waals surface area contributed by atoms with Gasteiger partial charge in [0, 0.05) is 25.1 Å². The first-order valence-corrected chi connectivity index (χ1v) is 10.0. The molecule has 1 fully saturated rings. The molecule has 30 heavy (non-hydrogen) atoms. The van der Waals surface area contributed by atoms with Crippen molar-refractivity contribution >= 4 is 6.09 Å². The lowest BCUT2D eigenvalue weighted by molar-refractivity contribution is 0.0454. The van der Waals surface area contributed by atoms with E-state index >= 15 is 0 Å². The SMILES string of the molecule is CC(C)(C)OC(=O)N[C@@H]1CN(Cc2ccccc2)CC[C@H]1c1cc(F)c(F)cc1F. The summed E-state index contributed by atoms with van der Waals surface area (Å²) in [5.74, 6) is -3.64. The number of ether oxygens (including phenoxy) is 1. The number of hydrogen-bond donors (Lipinski definition) is 1. The van der Waals surface area contributed by atoms with Crippen molar-refractivity contribution in [3.63, 3.8) is 0 Å². The Kier molecular flexibility index (Phi) is 6.71. The van der Waals surface area contributed by atoms with Gasteiger partial charge in [-0.1, -0.05) is 30.3 Å². The summed E-state index contributed by atoms with van der Waals surface area (Å²) in [6.07, 6.45) is -0.142. The highest BCUT2D eigenvalue weighted by atomic mass is 19.2. The summed E-state index contributed by atoms with van der Waals surface area (Å²) >= 11 is 0. The van der Waals surface area contributed by atoms with E-state index in [1.165, 1.54) is 0 Å². The molecule has 3 rings (SSSR count). The average molecular weight is 420 g/mol. The molecule has 0 unspecified atom stereocenters. The van der Waals surface area contributed by atoms with Crippen LogP contribution in [0.25, 0.3) is 0 Å². The smallest absolute Gasteiger partial charge is 0.407 e. The highest BCUT2D eigenvalue weighted by molar-refractivity contribution is 5.68. The molecule has 1 aliphatic rings. The van der Waals surface area contributed by atoms with Crippen LogP contribution in [0.4, 0.5) is 18.0 Å². The molecule has 1 heterocycles. The van der Waals surface area contributed by atoms with Crippen molar-refractivity contribution in [2.75, 3.05) is 13.1 Å². The lowest BCUT2D eigenvalue weighted by Crippen LogP contribution is -2.52. The summed E-state index contributed by atoms with van der Waals surface area (Å²) in [6.45, 7) is 6.98. The minimum absolute atomic E-state index is 0.0642. The lowest BCUT2D eigenvalue weighted by Gasteiger charge is -2.39. The highest BCUT2D eigenvalue weighted by Crippen LogP contribution is 2.32. The first-order valence-electron chi connectivity index (χ1n) is 10.0. The summed E-state index contributed by atoms with van der Waals surface area (Å²) in [5, 5.41) is 2.82. The van der Waals surface area contributed by atoms with E-state index in [-0.39, 0.29) is 5.56 Å². The highest BCUT2D eigenvalue weighted by Gasteiger charge is 2.34. The van der Waals surface area contributed by atoms with Crippen molar-refractivity contribution in [2.24, 2.45) is 0 Å². The van der Waals surface area contributed by atoms with Crippen molar-refractivity contribution in [3.05, 3.63) is 71.0 Å². The zero-order valence-electron chi connectivity index (χ0n) is 17.4. The summed E-state index contributed by atoms with van der Waals surface area (Å²) in [5.41, 5.74) is 0.492. The second kappa shape index (κ2) is 9.08. The molecule has 1 saturated heterocycles. The molecule has 1 N–H and O–H groups in total. The van der Waals surface area contributed by atoms with Crippen LogP contribution in [0.1, 0.15) is 44.2 Å². The number of nitrogens with one attached hydrogen (secondary N) is 1. The predicted octanol–water partition coefficient (Wildman–Crippen LogP) is 4.99. The van der Waals surface area contributed by atoms with E-state index in [9.17, 15) is 18.0 Å². The van der Waals surface area contributed by atoms with Gasteiger partial charge in [-0.15, -0.1) is 0 Å². The van der Waals surface area contributed by atoms with E-state index in [0.29, 0.717) is 32.1 Å². The maximum atomic E-state index is 14.5. The number of amides is 1. The number of hydrogen-bond acceptors (Lipinski definition) is 3. The third-order valence-corrected chi connectivity index (χ3v) is 5.09. The zero-order chi connectivity index (χ0) is 21.9. The number of carbonyl (C=O) groups is 1. The van der Waals surface area contributed by atoms with E-state index < -0.39 is 41.1 Å². The van der Waals surface area contributed by atoms with E-state index in [1.807, 2.05) is 30.3 Å². The zero-order valence-corrected chi connectivity index (χ0v) is 17.4. The quantitative estimate of drug-likeness (QED) is 0.709. The third kappa shape index (κ3) is 5.75. The average Bonchev–Trinajstić information content (AvgIpc) is 2.64. The first-order chi connectivity index (χ1) is 14.1. The van der Waals surface area contributed by atoms with Gasteiger partial charge >= 0.3 is 6.09 Å². The normalized spacial score (nSPS) is 20.1. The molecule has 1 aliphatic heterocycles. The van der Waals surface area contributed by atoms with Crippen molar-refractivity contribution in [3.8, 4) is 0 Å². The predicted molar refractivity (Wildman–Crippen MR) is 109 cm³/mol. The van der Waals surface area contributed by atoms with Crippen LogP contribution in [0.15, 0.2) is 42.5 Å². The van der Waals surface area contributed by atoms with Gasteiger partial charge in [0.05, 0.1) is 6.04 Å². The van der Waals surface area contributed by atoms with Crippen LogP contribution in [0.5, 0.6) is 0 Å². The van der Waals surface area contributed by atoms with Gasteiger partial charge in [-0.2, -0.15) is 0 Å². The summed E-state index contributed by atoms with van der Waals surface area (Å²) in [6, 6.07) is 10.8. The number of alkyl carbamates (subject to hydrolysis) is 1. The van der Waals surface area contributed by atoms with Crippen LogP contribution in [-0.4, -0.2) is 35.7 Å². The maximum absolute atomic E-state index is 14.5. The van der Waals surface area contributed by atoms with Crippen LogP contribution in [-0.2, 0) is 11.3 Å². The topological polar surface area (TPSA) is 41.6 Å². The minimum atomic E-state index is -1.23. The second-order valence-corrected chi connectivity index (χ2v) is 8.66. The molecule has 162 valence electrons. The fourth-order valence-electron chi connectivity index (χ4n) is 3.80. The lowest BCUT2D eigenvalue weighted by atomic mass is 9.84. The summed E-state index contributed by atoms with van der Waals surface area (Å²) in [7, 11) is 0. The number of benzene rings is 2. The molecule has 0 aromatic heterocycles. The Labute approximate surface area is 175 Å². The monoisotopic (exact) mass is 420 g/mol. The molecule has 2 aromatic carbocycles. The van der Waals surface area contributed by atoms with Gasteiger partial charge in [0.1, 0.15) is 11.4 Å². The van der Waals surface area contributed by atoms with Crippen LogP contribution in [0.3, 0.4) is 0 Å². The largest absolute Gasteiger partial charge is 0.444 e. The van der Waals surface area contributed by atoms with Crippen LogP contribution < -0.4 is 5.32 Å². The Balaban J connectivity index is 1.82. The van der Waals surface area contributed by atoms with Gasteiger partial charge in [-0.05, 0) is 50.9 Å².